The number of aromatic nitrogens is 3. The summed E-state index contributed by atoms with van der Waals surface area (Å²) in [5.41, 5.74) is 2.91. The SMILES string of the molecule is CC1(CNc2nc(NN)nc(N3CCCC3)n2)CCC1. The van der Waals surface area contributed by atoms with Crippen LogP contribution >= 0.6 is 0 Å². The summed E-state index contributed by atoms with van der Waals surface area (Å²) < 4.78 is 0. The molecule has 0 atom stereocenters. The first-order valence-electron chi connectivity index (χ1n) is 7.40. The molecule has 1 aromatic heterocycles. The zero-order chi connectivity index (χ0) is 14.0. The molecule has 0 spiro atoms. The number of nitrogens with one attached hydrogen (secondary N) is 2. The number of hydrazine groups is 1. The van der Waals surface area contributed by atoms with E-state index in [9.17, 15) is 0 Å². The summed E-state index contributed by atoms with van der Waals surface area (Å²) in [6, 6.07) is 0. The summed E-state index contributed by atoms with van der Waals surface area (Å²) in [6.45, 7) is 5.21. The predicted molar refractivity (Wildman–Crippen MR) is 79.5 cm³/mol. The molecule has 4 N–H and O–H groups in total. The molecule has 1 saturated heterocycles. The molecule has 1 aliphatic heterocycles. The molecule has 0 amide bonds. The fourth-order valence-corrected chi connectivity index (χ4v) is 2.82. The fourth-order valence-electron chi connectivity index (χ4n) is 2.82. The number of anilines is 3. The van der Waals surface area contributed by atoms with Gasteiger partial charge in [-0.05, 0) is 31.1 Å². The van der Waals surface area contributed by atoms with Crippen LogP contribution in [-0.4, -0.2) is 34.6 Å². The molecule has 2 aliphatic rings. The second kappa shape index (κ2) is 5.40. The highest BCUT2D eigenvalue weighted by Crippen LogP contribution is 2.40. The van der Waals surface area contributed by atoms with Gasteiger partial charge in [0.15, 0.2) is 0 Å². The van der Waals surface area contributed by atoms with E-state index >= 15 is 0 Å². The maximum Gasteiger partial charge on any atom is 0.243 e. The Hall–Kier alpha value is -1.63. The lowest BCUT2D eigenvalue weighted by molar-refractivity contribution is 0.179. The normalized spacial score (nSPS) is 20.6. The third-order valence-electron chi connectivity index (χ3n) is 4.38. The van der Waals surface area contributed by atoms with Gasteiger partial charge < -0.3 is 10.2 Å². The van der Waals surface area contributed by atoms with Gasteiger partial charge in [-0.25, -0.2) is 5.84 Å². The van der Waals surface area contributed by atoms with Crippen molar-refractivity contribution in [1.82, 2.24) is 15.0 Å². The van der Waals surface area contributed by atoms with Gasteiger partial charge in [-0.3, -0.25) is 5.43 Å². The monoisotopic (exact) mass is 277 g/mol. The summed E-state index contributed by atoms with van der Waals surface area (Å²) in [7, 11) is 0. The van der Waals surface area contributed by atoms with Gasteiger partial charge in [-0.1, -0.05) is 13.3 Å². The van der Waals surface area contributed by atoms with Crippen molar-refractivity contribution in [2.45, 2.75) is 39.0 Å². The van der Waals surface area contributed by atoms with Gasteiger partial charge in [0.05, 0.1) is 0 Å². The lowest BCUT2D eigenvalue weighted by Crippen LogP contribution is -2.34. The Balaban J connectivity index is 1.73. The van der Waals surface area contributed by atoms with Crippen LogP contribution < -0.4 is 21.5 Å². The number of hydrogen-bond donors (Lipinski definition) is 3. The summed E-state index contributed by atoms with van der Waals surface area (Å²) in [5, 5.41) is 3.34. The largest absolute Gasteiger partial charge is 0.353 e. The molecular formula is C13H23N7. The maximum absolute atomic E-state index is 5.46. The Bertz CT molecular complexity index is 466. The Morgan fingerprint density at radius 1 is 1.10 bits per heavy atom. The van der Waals surface area contributed by atoms with Crippen LogP contribution in [0.2, 0.25) is 0 Å². The van der Waals surface area contributed by atoms with Crippen LogP contribution in [0.5, 0.6) is 0 Å². The average molecular weight is 277 g/mol. The molecular weight excluding hydrogens is 254 g/mol. The van der Waals surface area contributed by atoms with Crippen molar-refractivity contribution >= 4 is 17.8 Å². The first-order chi connectivity index (χ1) is 9.68. The van der Waals surface area contributed by atoms with Gasteiger partial charge in [-0.15, -0.1) is 0 Å². The zero-order valence-electron chi connectivity index (χ0n) is 12.0. The van der Waals surface area contributed by atoms with E-state index in [-0.39, 0.29) is 0 Å². The van der Waals surface area contributed by atoms with Crippen molar-refractivity contribution in [3.8, 4) is 0 Å². The van der Waals surface area contributed by atoms with Crippen LogP contribution in [0.25, 0.3) is 0 Å². The number of nitrogens with two attached hydrogens (primary N) is 1. The van der Waals surface area contributed by atoms with E-state index in [1.165, 1.54) is 32.1 Å². The highest BCUT2D eigenvalue weighted by atomic mass is 15.4. The summed E-state index contributed by atoms with van der Waals surface area (Å²) in [4.78, 5) is 15.3. The summed E-state index contributed by atoms with van der Waals surface area (Å²) in [5.74, 6) is 7.20. The van der Waals surface area contributed by atoms with Crippen molar-refractivity contribution in [3.05, 3.63) is 0 Å². The second-order valence-corrected chi connectivity index (χ2v) is 6.14. The van der Waals surface area contributed by atoms with Gasteiger partial charge in [0.2, 0.25) is 17.8 Å². The van der Waals surface area contributed by atoms with Gasteiger partial charge in [0.25, 0.3) is 0 Å². The molecule has 0 aromatic carbocycles. The van der Waals surface area contributed by atoms with Crippen molar-refractivity contribution in [3.63, 3.8) is 0 Å². The predicted octanol–water partition coefficient (Wildman–Crippen LogP) is 1.36. The van der Waals surface area contributed by atoms with Crippen molar-refractivity contribution in [2.75, 3.05) is 35.3 Å². The summed E-state index contributed by atoms with van der Waals surface area (Å²) >= 11 is 0. The standard InChI is InChI=1S/C13H23N7/c1-13(5-4-6-13)9-15-10-16-11(19-14)18-12(17-10)20-7-2-3-8-20/h2-9,14H2,1H3,(H2,15,16,17,18,19). The van der Waals surface area contributed by atoms with E-state index in [1.807, 2.05) is 0 Å². The molecule has 2 fully saturated rings. The van der Waals surface area contributed by atoms with E-state index in [0.717, 1.165) is 19.6 Å². The van der Waals surface area contributed by atoms with E-state index in [1.54, 1.807) is 0 Å². The van der Waals surface area contributed by atoms with E-state index in [4.69, 9.17) is 5.84 Å². The Kier molecular flexibility index (Phi) is 3.60. The molecule has 110 valence electrons. The van der Waals surface area contributed by atoms with Crippen LogP contribution in [0.15, 0.2) is 0 Å². The number of nitrogens with zero attached hydrogens (tertiary/aromatic N) is 4. The van der Waals surface area contributed by atoms with Crippen molar-refractivity contribution < 1.29 is 0 Å². The topological polar surface area (TPSA) is 92.0 Å². The molecule has 20 heavy (non-hydrogen) atoms. The highest BCUT2D eigenvalue weighted by molar-refractivity contribution is 5.43. The zero-order valence-corrected chi connectivity index (χ0v) is 12.0. The van der Waals surface area contributed by atoms with E-state index in [0.29, 0.717) is 23.3 Å². The molecule has 0 radical (unpaired) electrons. The maximum atomic E-state index is 5.46. The molecule has 7 heteroatoms. The molecule has 2 heterocycles. The lowest BCUT2D eigenvalue weighted by Gasteiger charge is -2.38. The van der Waals surface area contributed by atoms with Gasteiger partial charge in [0, 0.05) is 19.6 Å². The van der Waals surface area contributed by atoms with Crippen LogP contribution in [0.1, 0.15) is 39.0 Å². The molecule has 0 unspecified atom stereocenters. The molecule has 7 nitrogen and oxygen atoms in total. The third-order valence-corrected chi connectivity index (χ3v) is 4.38. The van der Waals surface area contributed by atoms with Crippen LogP contribution in [0.4, 0.5) is 17.8 Å². The third kappa shape index (κ3) is 2.77. The van der Waals surface area contributed by atoms with Gasteiger partial charge in [-0.2, -0.15) is 15.0 Å². The smallest absolute Gasteiger partial charge is 0.243 e. The van der Waals surface area contributed by atoms with Crippen LogP contribution in [0.3, 0.4) is 0 Å². The Labute approximate surface area is 119 Å². The number of hydrogen-bond acceptors (Lipinski definition) is 7. The highest BCUT2D eigenvalue weighted by Gasteiger charge is 2.31. The van der Waals surface area contributed by atoms with Crippen LogP contribution in [0, 0.1) is 5.41 Å². The van der Waals surface area contributed by atoms with Crippen molar-refractivity contribution in [1.29, 1.82) is 0 Å². The van der Waals surface area contributed by atoms with Gasteiger partial charge >= 0.3 is 0 Å². The fraction of sp³-hybridized carbons (Fsp3) is 0.769. The minimum atomic E-state index is 0.386. The van der Waals surface area contributed by atoms with Crippen molar-refractivity contribution in [2.24, 2.45) is 11.3 Å². The molecule has 0 bridgehead atoms. The van der Waals surface area contributed by atoms with E-state index in [2.05, 4.69) is 37.5 Å². The molecule has 1 aliphatic carbocycles. The molecule has 1 saturated carbocycles. The summed E-state index contributed by atoms with van der Waals surface area (Å²) in [6.07, 6.45) is 6.25. The second-order valence-electron chi connectivity index (χ2n) is 6.14. The van der Waals surface area contributed by atoms with Gasteiger partial charge in [0.1, 0.15) is 0 Å². The average Bonchev–Trinajstić information content (AvgIpc) is 2.97. The number of rotatable bonds is 5. The Morgan fingerprint density at radius 2 is 1.80 bits per heavy atom. The molecule has 1 aromatic rings. The molecule has 3 rings (SSSR count). The quantitative estimate of drug-likeness (QED) is 0.553. The lowest BCUT2D eigenvalue weighted by atomic mass is 9.70. The Morgan fingerprint density at radius 3 is 2.40 bits per heavy atom. The van der Waals surface area contributed by atoms with E-state index < -0.39 is 0 Å². The van der Waals surface area contributed by atoms with Crippen LogP contribution in [-0.2, 0) is 0 Å². The minimum absolute atomic E-state index is 0.386. The first kappa shape index (κ1) is 13.4. The minimum Gasteiger partial charge on any atom is -0.353 e. The first-order valence-corrected chi connectivity index (χ1v) is 7.40. The number of nitrogen functional groups attached to an aromatic ring is 1.